The number of carbonyl (C=O) groups is 1. The zero-order chi connectivity index (χ0) is 24.4. The number of nitrogens with one attached hydrogen (secondary N) is 1. The van der Waals surface area contributed by atoms with Gasteiger partial charge in [0.05, 0.1) is 7.11 Å². The molecular formula is C24H34N2O5S. The molecular weight excluding hydrogens is 428 g/mol. The van der Waals surface area contributed by atoms with Gasteiger partial charge in [-0.15, -0.1) is 0 Å². The van der Waals surface area contributed by atoms with E-state index in [1.54, 1.807) is 19.9 Å². The minimum Gasteiger partial charge on any atom is -0.503 e. The van der Waals surface area contributed by atoms with Gasteiger partial charge in [-0.25, -0.2) is 4.79 Å². The number of aliphatic hydroxyl groups is 1. The molecule has 0 radical (unpaired) electrons. The third-order valence-corrected chi connectivity index (χ3v) is 5.04. The predicted octanol–water partition coefficient (Wildman–Crippen LogP) is 4.66. The lowest BCUT2D eigenvalue weighted by atomic mass is 10.0. The van der Waals surface area contributed by atoms with Crippen LogP contribution in [-0.4, -0.2) is 48.1 Å². The Morgan fingerprint density at radius 3 is 2.28 bits per heavy atom. The average Bonchev–Trinajstić information content (AvgIpc) is 2.74. The summed E-state index contributed by atoms with van der Waals surface area (Å²) in [4.78, 5) is 16.6. The molecule has 0 fully saturated rings. The van der Waals surface area contributed by atoms with Gasteiger partial charge in [-0.3, -0.25) is 4.99 Å². The molecule has 176 valence electrons. The minimum absolute atomic E-state index is 0.00563. The van der Waals surface area contributed by atoms with Crippen molar-refractivity contribution in [2.24, 2.45) is 10.9 Å². The first-order valence-corrected chi connectivity index (χ1v) is 10.8. The van der Waals surface area contributed by atoms with E-state index in [9.17, 15) is 9.90 Å². The second-order valence-electron chi connectivity index (χ2n) is 7.69. The summed E-state index contributed by atoms with van der Waals surface area (Å²) in [7, 11) is 1.41. The maximum Gasteiger partial charge on any atom is 0.328 e. The van der Waals surface area contributed by atoms with Crippen molar-refractivity contribution in [1.29, 1.82) is 0 Å². The molecule has 0 aromatic heterocycles. The fourth-order valence-electron chi connectivity index (χ4n) is 2.95. The summed E-state index contributed by atoms with van der Waals surface area (Å²) in [5, 5.41) is 13.2. The number of hydrogen-bond acceptors (Lipinski definition) is 7. The molecule has 0 heterocycles. The molecule has 0 spiro atoms. The lowest BCUT2D eigenvalue weighted by Gasteiger charge is -2.29. The first-order chi connectivity index (χ1) is 15.0. The number of rotatable bonds is 11. The monoisotopic (exact) mass is 462 g/mol. The van der Waals surface area contributed by atoms with Crippen molar-refractivity contribution in [2.45, 2.75) is 59.8 Å². The molecule has 1 rings (SSSR count). The van der Waals surface area contributed by atoms with Crippen LogP contribution in [-0.2, 0) is 14.3 Å². The Morgan fingerprint density at radius 1 is 1.22 bits per heavy atom. The third kappa shape index (κ3) is 7.67. The average molecular weight is 463 g/mol. The maximum absolute atomic E-state index is 12.8. The predicted molar refractivity (Wildman–Crippen MR) is 131 cm³/mol. The van der Waals surface area contributed by atoms with E-state index in [2.05, 4.69) is 17.0 Å². The number of esters is 1. The number of hydrogen-bond donors (Lipinski definition) is 2. The maximum atomic E-state index is 12.8. The first-order valence-electron chi connectivity index (χ1n) is 10.4. The molecule has 0 bridgehead atoms. The molecule has 0 unspecified atom stereocenters. The lowest BCUT2D eigenvalue weighted by molar-refractivity contribution is -0.158. The molecule has 0 aliphatic heterocycles. The van der Waals surface area contributed by atoms with E-state index < -0.39 is 18.1 Å². The fourth-order valence-corrected chi connectivity index (χ4v) is 3.29. The van der Waals surface area contributed by atoms with Gasteiger partial charge in [0.2, 0.25) is 0 Å². The third-order valence-electron chi connectivity index (χ3n) is 4.73. The molecule has 8 heteroatoms. The van der Waals surface area contributed by atoms with Gasteiger partial charge in [0.25, 0.3) is 0 Å². The number of benzene rings is 1. The van der Waals surface area contributed by atoms with Crippen LogP contribution >= 0.6 is 12.2 Å². The summed E-state index contributed by atoms with van der Waals surface area (Å²) in [6, 6.07) is 6.89. The number of allylic oxidation sites excluding steroid dienone is 1. The molecule has 0 saturated heterocycles. The largest absolute Gasteiger partial charge is 0.503 e. The normalized spacial score (nSPS) is 15.2. The molecule has 32 heavy (non-hydrogen) atoms. The molecule has 3 atom stereocenters. The minimum atomic E-state index is -0.795. The molecule has 7 nitrogen and oxygen atoms in total. The number of thiocarbonyl (C=S) groups is 1. The quantitative estimate of drug-likeness (QED) is 0.123. The highest BCUT2D eigenvalue weighted by Crippen LogP contribution is 2.20. The number of carbonyl (C=O) groups excluding carboxylic acids is 1. The van der Waals surface area contributed by atoms with Crippen molar-refractivity contribution < 1.29 is 24.1 Å². The van der Waals surface area contributed by atoms with Crippen molar-refractivity contribution in [3.05, 3.63) is 53.1 Å². The van der Waals surface area contributed by atoms with Crippen LogP contribution in [0.15, 0.2) is 52.5 Å². The van der Waals surface area contributed by atoms with E-state index in [0.29, 0.717) is 5.75 Å². The number of ether oxygens (including phenoxy) is 3. The smallest absolute Gasteiger partial charge is 0.328 e. The highest BCUT2D eigenvalue weighted by atomic mass is 32.1. The fraction of sp³-hybridized carbons (Fsp3) is 0.458. The van der Waals surface area contributed by atoms with E-state index in [1.165, 1.54) is 7.11 Å². The van der Waals surface area contributed by atoms with Crippen LogP contribution in [0.4, 0.5) is 0 Å². The SMILES string of the molecule is C=N/C(C(=S)N[C@@H](C)C(=O)O[C@H](C(C)C)[C@H](C)Oc1ccc(C)cc1)=C(O)\C(=C/C)OC. The number of aliphatic imine (C=N–C) groups is 1. The number of methoxy groups -OCH3 is 1. The van der Waals surface area contributed by atoms with Crippen LogP contribution < -0.4 is 10.1 Å². The van der Waals surface area contributed by atoms with Crippen LogP contribution in [0, 0.1) is 12.8 Å². The van der Waals surface area contributed by atoms with Gasteiger partial charge in [0.1, 0.15) is 34.7 Å². The van der Waals surface area contributed by atoms with Crippen LogP contribution in [0.2, 0.25) is 0 Å². The molecule has 0 aliphatic carbocycles. The lowest BCUT2D eigenvalue weighted by Crippen LogP contribution is -2.44. The van der Waals surface area contributed by atoms with Crippen LogP contribution in [0.3, 0.4) is 0 Å². The number of aryl methyl sites for hydroxylation is 1. The zero-order valence-electron chi connectivity index (χ0n) is 19.8. The molecule has 0 amide bonds. The Hall–Kier alpha value is -2.87. The van der Waals surface area contributed by atoms with Crippen molar-refractivity contribution in [3.63, 3.8) is 0 Å². The Kier molecular flexibility index (Phi) is 10.9. The van der Waals surface area contributed by atoms with Gasteiger partial charge >= 0.3 is 5.97 Å². The van der Waals surface area contributed by atoms with Gasteiger partial charge in [0, 0.05) is 0 Å². The van der Waals surface area contributed by atoms with Crippen LogP contribution in [0.25, 0.3) is 0 Å². The number of nitrogens with zero attached hydrogens (tertiary/aromatic N) is 1. The van der Waals surface area contributed by atoms with Gasteiger partial charge in [0.15, 0.2) is 11.5 Å². The summed E-state index contributed by atoms with van der Waals surface area (Å²) >= 11 is 5.30. The van der Waals surface area contributed by atoms with Gasteiger partial charge < -0.3 is 24.6 Å². The topological polar surface area (TPSA) is 89.4 Å². The summed E-state index contributed by atoms with van der Waals surface area (Å²) in [5.41, 5.74) is 1.14. The molecule has 2 N–H and O–H groups in total. The van der Waals surface area contributed by atoms with E-state index in [4.69, 9.17) is 26.4 Å². The van der Waals surface area contributed by atoms with Crippen molar-refractivity contribution in [1.82, 2.24) is 5.32 Å². The zero-order valence-corrected chi connectivity index (χ0v) is 20.7. The Morgan fingerprint density at radius 2 is 1.81 bits per heavy atom. The summed E-state index contributed by atoms with van der Waals surface area (Å²) in [5.74, 6) is 0.132. The van der Waals surface area contributed by atoms with E-state index in [-0.39, 0.29) is 34.2 Å². The molecule has 0 aliphatic rings. The molecule has 1 aromatic rings. The van der Waals surface area contributed by atoms with Crippen molar-refractivity contribution >= 4 is 29.9 Å². The summed E-state index contributed by atoms with van der Waals surface area (Å²) in [6.45, 7) is 14.5. The van der Waals surface area contributed by atoms with Crippen LogP contribution in [0.5, 0.6) is 5.75 Å². The second-order valence-corrected chi connectivity index (χ2v) is 8.10. The van der Waals surface area contributed by atoms with E-state index in [1.807, 2.05) is 52.0 Å². The standard InChI is InChI=1S/C24H34N2O5S/c1-9-19(29-8)21(27)20(25-7)23(32)26-16(5)24(28)31-22(14(2)3)17(6)30-18-12-10-15(4)11-13-18/h9-14,16-17,22,27H,7H2,1-6,8H3,(H,26,32)/b19-9+,21-20+/t16-,17-,22+/m0/s1. The Labute approximate surface area is 196 Å². The molecule has 1 aromatic carbocycles. The van der Waals surface area contributed by atoms with Crippen molar-refractivity contribution in [2.75, 3.05) is 7.11 Å². The van der Waals surface area contributed by atoms with E-state index in [0.717, 1.165) is 5.56 Å². The summed E-state index contributed by atoms with van der Waals surface area (Å²) in [6.07, 6.45) is 0.712. The second kappa shape index (κ2) is 12.9. The van der Waals surface area contributed by atoms with Gasteiger partial charge in [-0.1, -0.05) is 43.8 Å². The Balaban J connectivity index is 2.88. The van der Waals surface area contributed by atoms with Gasteiger partial charge in [-0.2, -0.15) is 0 Å². The highest BCUT2D eigenvalue weighted by Gasteiger charge is 2.29. The highest BCUT2D eigenvalue weighted by molar-refractivity contribution is 7.80. The molecule has 0 saturated carbocycles. The van der Waals surface area contributed by atoms with Crippen LogP contribution in [0.1, 0.15) is 40.2 Å². The summed E-state index contributed by atoms with van der Waals surface area (Å²) < 4.78 is 16.8. The van der Waals surface area contributed by atoms with E-state index >= 15 is 0 Å². The Bertz CT molecular complexity index is 862. The van der Waals surface area contributed by atoms with Crippen molar-refractivity contribution in [3.8, 4) is 5.75 Å². The number of aliphatic hydroxyl groups excluding tert-OH is 1. The first kappa shape index (κ1) is 27.2. The van der Waals surface area contributed by atoms with Gasteiger partial charge in [-0.05, 0) is 58.5 Å².